The minimum absolute atomic E-state index is 0.0632. The number of ether oxygens (including phenoxy) is 1. The van der Waals surface area contributed by atoms with E-state index < -0.39 is 23.5 Å². The third kappa shape index (κ3) is 4.52. The van der Waals surface area contributed by atoms with E-state index in [2.05, 4.69) is 4.98 Å². The average molecular weight is 257 g/mol. The van der Waals surface area contributed by atoms with Crippen molar-refractivity contribution in [2.24, 2.45) is 5.92 Å². The molecule has 0 spiro atoms. The van der Waals surface area contributed by atoms with Crippen molar-refractivity contribution in [2.45, 2.75) is 32.8 Å². The molecule has 0 fully saturated rings. The summed E-state index contributed by atoms with van der Waals surface area (Å²) in [6, 6.07) is 0. The maximum Gasteiger partial charge on any atom is 0.321 e. The maximum absolute atomic E-state index is 11.7. The molecular formula is C11H15NO4S. The van der Waals surface area contributed by atoms with Gasteiger partial charge in [0.15, 0.2) is 5.92 Å². The average Bonchev–Trinajstić information content (AvgIpc) is 2.62. The molecule has 6 heteroatoms. The van der Waals surface area contributed by atoms with Crippen molar-refractivity contribution >= 4 is 23.3 Å². The topological polar surface area (TPSA) is 76.5 Å². The number of hydrogen-bond acceptors (Lipinski definition) is 5. The number of hydrogen-bond donors (Lipinski definition) is 1. The van der Waals surface area contributed by atoms with Gasteiger partial charge in [0.05, 0.1) is 11.2 Å². The molecule has 1 N–H and O–H groups in total. The lowest BCUT2D eigenvalue weighted by Gasteiger charge is -2.21. The summed E-state index contributed by atoms with van der Waals surface area (Å²) in [6.07, 6.45) is 0.0632. The summed E-state index contributed by atoms with van der Waals surface area (Å²) in [5.74, 6) is -3.11. The number of esters is 1. The SMILES string of the molecule is CC(C)(C)OC(=O)[C@@H](Cc1cscn1)C(=O)O. The van der Waals surface area contributed by atoms with Crippen molar-refractivity contribution in [3.8, 4) is 0 Å². The molecule has 0 aliphatic heterocycles. The van der Waals surface area contributed by atoms with E-state index in [9.17, 15) is 9.59 Å². The van der Waals surface area contributed by atoms with Crippen LogP contribution in [0.4, 0.5) is 0 Å². The molecule has 0 saturated heterocycles. The van der Waals surface area contributed by atoms with Crippen molar-refractivity contribution in [1.29, 1.82) is 0 Å². The van der Waals surface area contributed by atoms with Gasteiger partial charge in [-0.1, -0.05) is 0 Å². The number of rotatable bonds is 4. The molecule has 1 aromatic rings. The van der Waals surface area contributed by atoms with Gasteiger partial charge in [0.25, 0.3) is 0 Å². The van der Waals surface area contributed by atoms with E-state index in [0.29, 0.717) is 5.69 Å². The Kier molecular flexibility index (Phi) is 4.22. The van der Waals surface area contributed by atoms with Gasteiger partial charge >= 0.3 is 11.9 Å². The number of carboxylic acids is 1. The Hall–Kier alpha value is -1.43. The first kappa shape index (κ1) is 13.6. The fraction of sp³-hybridized carbons (Fsp3) is 0.545. The van der Waals surface area contributed by atoms with Crippen LogP contribution in [-0.2, 0) is 20.7 Å². The van der Waals surface area contributed by atoms with Gasteiger partial charge in [0.1, 0.15) is 5.60 Å². The molecule has 0 aliphatic rings. The van der Waals surface area contributed by atoms with Crippen LogP contribution in [-0.4, -0.2) is 27.6 Å². The van der Waals surface area contributed by atoms with Crippen LogP contribution < -0.4 is 0 Å². The Balaban J connectivity index is 2.73. The maximum atomic E-state index is 11.7. The lowest BCUT2D eigenvalue weighted by molar-refractivity contribution is -0.166. The van der Waals surface area contributed by atoms with Gasteiger partial charge < -0.3 is 9.84 Å². The van der Waals surface area contributed by atoms with Crippen molar-refractivity contribution in [3.05, 3.63) is 16.6 Å². The molecular weight excluding hydrogens is 242 g/mol. The van der Waals surface area contributed by atoms with Gasteiger partial charge in [-0.2, -0.15) is 0 Å². The first-order chi connectivity index (χ1) is 7.79. The van der Waals surface area contributed by atoms with Crippen molar-refractivity contribution in [2.75, 3.05) is 0 Å². The predicted octanol–water partition coefficient (Wildman–Crippen LogP) is 1.73. The minimum Gasteiger partial charge on any atom is -0.481 e. The van der Waals surface area contributed by atoms with Gasteiger partial charge in [-0.15, -0.1) is 11.3 Å². The third-order valence-corrected chi connectivity index (χ3v) is 2.52. The molecule has 1 rings (SSSR count). The third-order valence-electron chi connectivity index (χ3n) is 1.89. The van der Waals surface area contributed by atoms with Crippen LogP contribution in [0.15, 0.2) is 10.9 Å². The Morgan fingerprint density at radius 3 is 2.59 bits per heavy atom. The van der Waals surface area contributed by atoms with Crippen LogP contribution in [0.5, 0.6) is 0 Å². The van der Waals surface area contributed by atoms with Crippen LogP contribution in [0.1, 0.15) is 26.5 Å². The zero-order valence-corrected chi connectivity index (χ0v) is 10.8. The molecule has 0 unspecified atom stereocenters. The number of thiazole rings is 1. The number of carboxylic acid groups (broad SMARTS) is 1. The quantitative estimate of drug-likeness (QED) is 0.656. The highest BCUT2D eigenvalue weighted by Crippen LogP contribution is 2.16. The fourth-order valence-corrected chi connectivity index (χ4v) is 1.76. The van der Waals surface area contributed by atoms with E-state index in [-0.39, 0.29) is 6.42 Å². The standard InChI is InChI=1S/C11H15NO4S/c1-11(2,3)16-10(15)8(9(13)14)4-7-5-17-6-12-7/h5-6,8H,4H2,1-3H3,(H,13,14)/t8-/m0/s1. The van der Waals surface area contributed by atoms with Crippen LogP contribution >= 0.6 is 11.3 Å². The highest BCUT2D eigenvalue weighted by atomic mass is 32.1. The lowest BCUT2D eigenvalue weighted by atomic mass is 10.0. The normalized spacial score (nSPS) is 13.1. The predicted molar refractivity (Wildman–Crippen MR) is 62.8 cm³/mol. The summed E-state index contributed by atoms with van der Waals surface area (Å²) in [7, 11) is 0. The fourth-order valence-electron chi connectivity index (χ4n) is 1.19. The van der Waals surface area contributed by atoms with E-state index in [1.54, 1.807) is 31.7 Å². The molecule has 1 atom stereocenters. The number of carbonyl (C=O) groups excluding carboxylic acids is 1. The van der Waals surface area contributed by atoms with Crippen molar-refractivity contribution in [1.82, 2.24) is 4.98 Å². The minimum atomic E-state index is -1.20. The van der Waals surface area contributed by atoms with Crippen LogP contribution in [0.3, 0.4) is 0 Å². The summed E-state index contributed by atoms with van der Waals surface area (Å²) in [6.45, 7) is 5.10. The molecule has 5 nitrogen and oxygen atoms in total. The monoisotopic (exact) mass is 257 g/mol. The van der Waals surface area contributed by atoms with Gasteiger partial charge in [0.2, 0.25) is 0 Å². The van der Waals surface area contributed by atoms with Gasteiger partial charge in [-0.05, 0) is 20.8 Å². The zero-order chi connectivity index (χ0) is 13.1. The number of aliphatic carboxylic acids is 1. The molecule has 0 aliphatic carbocycles. The number of nitrogens with zero attached hydrogens (tertiary/aromatic N) is 1. The Morgan fingerprint density at radius 1 is 1.53 bits per heavy atom. The largest absolute Gasteiger partial charge is 0.481 e. The Bertz CT molecular complexity index is 394. The molecule has 94 valence electrons. The molecule has 0 bridgehead atoms. The Morgan fingerprint density at radius 2 is 2.18 bits per heavy atom. The second-order valence-electron chi connectivity index (χ2n) is 4.61. The van der Waals surface area contributed by atoms with E-state index in [1.807, 2.05) is 0 Å². The van der Waals surface area contributed by atoms with Gasteiger partial charge in [-0.25, -0.2) is 4.98 Å². The summed E-state index contributed by atoms with van der Waals surface area (Å²) in [5.41, 5.74) is 1.50. The Labute approximate surface area is 103 Å². The zero-order valence-electron chi connectivity index (χ0n) is 9.97. The molecule has 17 heavy (non-hydrogen) atoms. The van der Waals surface area contributed by atoms with E-state index >= 15 is 0 Å². The van der Waals surface area contributed by atoms with Crippen molar-refractivity contribution < 1.29 is 19.4 Å². The van der Waals surface area contributed by atoms with Crippen molar-refractivity contribution in [3.63, 3.8) is 0 Å². The first-order valence-electron chi connectivity index (χ1n) is 5.12. The second-order valence-corrected chi connectivity index (χ2v) is 5.33. The second kappa shape index (κ2) is 5.27. The summed E-state index contributed by atoms with van der Waals surface area (Å²) in [5, 5.41) is 10.7. The number of aromatic nitrogens is 1. The van der Waals surface area contributed by atoms with Crippen LogP contribution in [0.2, 0.25) is 0 Å². The highest BCUT2D eigenvalue weighted by Gasteiger charge is 2.31. The first-order valence-corrected chi connectivity index (χ1v) is 6.06. The van der Waals surface area contributed by atoms with E-state index in [4.69, 9.17) is 9.84 Å². The molecule has 0 aromatic carbocycles. The summed E-state index contributed by atoms with van der Waals surface area (Å²) in [4.78, 5) is 26.7. The van der Waals surface area contributed by atoms with E-state index in [0.717, 1.165) is 0 Å². The number of carbonyl (C=O) groups is 2. The molecule has 0 amide bonds. The summed E-state index contributed by atoms with van der Waals surface area (Å²) < 4.78 is 5.07. The van der Waals surface area contributed by atoms with Crippen LogP contribution in [0.25, 0.3) is 0 Å². The molecule has 0 saturated carbocycles. The van der Waals surface area contributed by atoms with Crippen LogP contribution in [0, 0.1) is 5.92 Å². The summed E-state index contributed by atoms with van der Waals surface area (Å²) >= 11 is 1.36. The van der Waals surface area contributed by atoms with E-state index in [1.165, 1.54) is 11.3 Å². The smallest absolute Gasteiger partial charge is 0.321 e. The molecule has 0 radical (unpaired) electrons. The molecule has 1 heterocycles. The van der Waals surface area contributed by atoms with Gasteiger partial charge in [-0.3, -0.25) is 9.59 Å². The van der Waals surface area contributed by atoms with Gasteiger partial charge in [0, 0.05) is 11.8 Å². The highest BCUT2D eigenvalue weighted by molar-refractivity contribution is 7.07. The lowest BCUT2D eigenvalue weighted by Crippen LogP contribution is -2.34. The molecule has 1 aromatic heterocycles.